The van der Waals surface area contributed by atoms with E-state index in [0.29, 0.717) is 30.8 Å². The summed E-state index contributed by atoms with van der Waals surface area (Å²) < 4.78 is 32.5. The molecule has 72 heavy (non-hydrogen) atoms. The van der Waals surface area contributed by atoms with Gasteiger partial charge in [0.25, 0.3) is 0 Å². The smallest absolute Gasteiger partial charge is 0.327 e. The van der Waals surface area contributed by atoms with E-state index in [-0.39, 0.29) is 49.3 Å². The van der Waals surface area contributed by atoms with E-state index in [1.165, 1.54) is 5.57 Å². The molecule has 5 saturated heterocycles. The third kappa shape index (κ3) is 8.71. The Hall–Kier alpha value is -4.96. The first-order valence-electron chi connectivity index (χ1n) is 26.4. The predicted molar refractivity (Wildman–Crippen MR) is 265 cm³/mol. The standard InChI is InChI=1S/C58H71N3O11/c1-54(2,3)69-46(63)25-23-40(34-62)59-51(64)43-21-14-28-60(43)53(66)57-32-44-47-48(71-58(70-47,38-17-9-7-10-18-38)39-19-11-8-12-20-39)50(57)72-61(49(57)52(65)67-44)33-36-16-13-15-35(29-36)30-37-22-24-45-56(6,68-45)27-26-42-41(37)31-55(42,4)5/h7-13,15-20,29-30,40-45,47-50,62H,14,21-28,31-34H2,1-6H3,(H,59,64)/t40-,41+,42+,43+,44+,45?,47-,48-,49-,50+,56+,57-/m0/s1. The summed E-state index contributed by atoms with van der Waals surface area (Å²) in [5.41, 5.74) is 2.97. The van der Waals surface area contributed by atoms with Crippen LogP contribution in [0.3, 0.4) is 0 Å². The van der Waals surface area contributed by atoms with Gasteiger partial charge >= 0.3 is 11.9 Å². The lowest BCUT2D eigenvalue weighted by Crippen LogP contribution is -2.70. The molecule has 8 aliphatic rings. The summed E-state index contributed by atoms with van der Waals surface area (Å²) in [7, 11) is 0. The third-order valence-corrected chi connectivity index (χ3v) is 17.4. The van der Waals surface area contributed by atoms with E-state index in [0.717, 1.165) is 54.4 Å². The van der Waals surface area contributed by atoms with Crippen molar-refractivity contribution in [3.8, 4) is 0 Å². The zero-order valence-corrected chi connectivity index (χ0v) is 42.6. The number of ether oxygens (including phenoxy) is 5. The Kier molecular flexibility index (Phi) is 12.6. The van der Waals surface area contributed by atoms with E-state index < -0.39 is 83.8 Å². The molecule has 0 spiro atoms. The topological polar surface area (TPSA) is 166 Å². The van der Waals surface area contributed by atoms with Crippen LogP contribution in [0.1, 0.15) is 128 Å². The SMILES string of the molecule is CC(C)(C)OC(=O)CC[C@@H](CO)NC(=O)[C@H]1CCCN1C(=O)[C@@]12C[C@H]3OC(=O)[C@@H]1N(Cc1cccc(C=C4CCC5O[C@]5(C)CC[C@@H]5[C@@H]4CC5(C)C)c1)O[C@@H]2[C@H]1OC(c2ccccc2)(c2ccccc2)O[C@H]13. The lowest BCUT2D eigenvalue weighted by Gasteiger charge is -2.53. The van der Waals surface area contributed by atoms with Crippen LogP contribution in [0.2, 0.25) is 0 Å². The Bertz CT molecular complexity index is 2560. The molecule has 14 nitrogen and oxygen atoms in total. The third-order valence-electron chi connectivity index (χ3n) is 17.4. The van der Waals surface area contributed by atoms with Crippen LogP contribution in [0.25, 0.3) is 6.08 Å². The number of likely N-dealkylation sites (tertiary alicyclic amines) is 1. The largest absolute Gasteiger partial charge is 0.460 e. The summed E-state index contributed by atoms with van der Waals surface area (Å²) in [6.45, 7) is 12.5. The minimum Gasteiger partial charge on any atom is -0.460 e. The van der Waals surface area contributed by atoms with Crippen LogP contribution in [-0.4, -0.2) is 112 Å². The van der Waals surface area contributed by atoms with Crippen molar-refractivity contribution in [3.63, 3.8) is 0 Å². The highest BCUT2D eigenvalue weighted by molar-refractivity contribution is 5.96. The van der Waals surface area contributed by atoms with Crippen LogP contribution >= 0.6 is 0 Å². The van der Waals surface area contributed by atoms with E-state index in [1.807, 2.05) is 72.8 Å². The molecule has 3 aromatic carbocycles. The van der Waals surface area contributed by atoms with Gasteiger partial charge in [-0.3, -0.25) is 24.0 Å². The number of rotatable bonds is 12. The summed E-state index contributed by atoms with van der Waals surface area (Å²) in [5, 5.41) is 14.9. The number of aliphatic hydroxyl groups is 1. The second-order valence-electron chi connectivity index (χ2n) is 23.8. The Labute approximate surface area is 423 Å². The average Bonchev–Trinajstić information content (AvgIpc) is 3.75. The highest BCUT2D eigenvalue weighted by Crippen LogP contribution is 2.62. The number of carbonyl (C=O) groups excluding carboxylic acids is 4. The van der Waals surface area contributed by atoms with Crippen molar-refractivity contribution in [1.82, 2.24) is 15.3 Å². The Morgan fingerprint density at radius 3 is 2.32 bits per heavy atom. The summed E-state index contributed by atoms with van der Waals surface area (Å²) in [5.74, 6) is -2.17. The molecule has 0 radical (unpaired) electrons. The molecule has 2 bridgehead atoms. The quantitative estimate of drug-likeness (QED) is 0.136. The number of epoxide rings is 1. The molecular formula is C58H71N3O11. The normalized spacial score (nSPS) is 35.0. The van der Waals surface area contributed by atoms with Gasteiger partial charge in [0.15, 0.2) is 6.04 Å². The second kappa shape index (κ2) is 18.5. The minimum absolute atomic E-state index is 0.00662. The molecule has 5 aliphatic heterocycles. The van der Waals surface area contributed by atoms with Crippen LogP contribution in [0.5, 0.6) is 0 Å². The van der Waals surface area contributed by atoms with Gasteiger partial charge in [-0.25, -0.2) is 0 Å². The molecule has 14 heteroatoms. The van der Waals surface area contributed by atoms with Crippen molar-refractivity contribution in [1.29, 1.82) is 0 Å². The molecule has 12 atom stereocenters. The highest BCUT2D eigenvalue weighted by atomic mass is 16.8. The minimum atomic E-state index is -1.54. The van der Waals surface area contributed by atoms with Crippen LogP contribution in [0.4, 0.5) is 0 Å². The fraction of sp³-hybridized carbons (Fsp3) is 0.586. The Balaban J connectivity index is 0.919. The summed E-state index contributed by atoms with van der Waals surface area (Å²) >= 11 is 0. The van der Waals surface area contributed by atoms with E-state index in [1.54, 1.807) is 30.7 Å². The van der Waals surface area contributed by atoms with Gasteiger partial charge in [-0.2, -0.15) is 5.06 Å². The number of carbonyl (C=O) groups is 4. The molecule has 1 unspecified atom stereocenters. The van der Waals surface area contributed by atoms with Gasteiger partial charge in [-0.05, 0) is 107 Å². The molecule has 0 aromatic heterocycles. The molecule has 3 aliphatic carbocycles. The fourth-order valence-electron chi connectivity index (χ4n) is 13.8. The van der Waals surface area contributed by atoms with Gasteiger partial charge in [-0.15, -0.1) is 0 Å². The number of hydrogen-bond donors (Lipinski definition) is 2. The number of nitrogens with zero attached hydrogens (tertiary/aromatic N) is 2. The van der Waals surface area contributed by atoms with Gasteiger partial charge in [0.2, 0.25) is 17.6 Å². The number of nitrogens with one attached hydrogen (secondary N) is 1. The van der Waals surface area contributed by atoms with E-state index in [4.69, 9.17) is 28.5 Å². The van der Waals surface area contributed by atoms with Crippen LogP contribution < -0.4 is 5.32 Å². The molecule has 3 saturated carbocycles. The predicted octanol–water partition coefficient (Wildman–Crippen LogP) is 7.54. The Morgan fingerprint density at radius 2 is 1.62 bits per heavy atom. The highest BCUT2D eigenvalue weighted by Gasteiger charge is 2.77. The van der Waals surface area contributed by atoms with Crippen LogP contribution in [0.15, 0.2) is 90.5 Å². The molecule has 8 fully saturated rings. The van der Waals surface area contributed by atoms with Crippen molar-refractivity contribution in [2.24, 2.45) is 22.7 Å². The van der Waals surface area contributed by atoms with Crippen molar-refractivity contribution in [3.05, 3.63) is 113 Å². The number of hydrogen-bond acceptors (Lipinski definition) is 12. The van der Waals surface area contributed by atoms with Gasteiger partial charge in [-0.1, -0.05) is 110 Å². The molecule has 11 rings (SSSR count). The van der Waals surface area contributed by atoms with Gasteiger partial charge in [0, 0.05) is 30.5 Å². The number of hydroxylamine groups is 2. The first kappa shape index (κ1) is 49.3. The van der Waals surface area contributed by atoms with Crippen molar-refractivity contribution in [2.45, 2.75) is 178 Å². The van der Waals surface area contributed by atoms with Crippen LogP contribution in [-0.2, 0) is 60.0 Å². The number of benzene rings is 3. The van der Waals surface area contributed by atoms with Crippen molar-refractivity contribution in [2.75, 3.05) is 13.2 Å². The van der Waals surface area contributed by atoms with Crippen molar-refractivity contribution >= 4 is 29.8 Å². The zero-order chi connectivity index (χ0) is 50.4. The first-order valence-corrected chi connectivity index (χ1v) is 26.4. The number of allylic oxidation sites excluding steroid dienone is 1. The molecule has 5 heterocycles. The van der Waals surface area contributed by atoms with E-state index in [9.17, 15) is 19.5 Å². The fourth-order valence-corrected chi connectivity index (χ4v) is 13.8. The van der Waals surface area contributed by atoms with E-state index >= 15 is 4.79 Å². The second-order valence-corrected chi connectivity index (χ2v) is 23.8. The van der Waals surface area contributed by atoms with Gasteiger partial charge in [0.05, 0.1) is 30.9 Å². The maximum absolute atomic E-state index is 16.0. The average molecular weight is 986 g/mol. The summed E-state index contributed by atoms with van der Waals surface area (Å²) in [6, 6.07) is 24.8. The van der Waals surface area contributed by atoms with Gasteiger partial charge < -0.3 is 39.0 Å². The maximum atomic E-state index is 16.0. The molecule has 2 amide bonds. The molecule has 384 valence electrons. The zero-order valence-electron chi connectivity index (χ0n) is 42.6. The molecular weight excluding hydrogens is 915 g/mol. The Morgan fingerprint density at radius 1 is 0.903 bits per heavy atom. The lowest BCUT2D eigenvalue weighted by molar-refractivity contribution is -0.214. The van der Waals surface area contributed by atoms with Crippen molar-refractivity contribution < 1.29 is 52.8 Å². The van der Waals surface area contributed by atoms with E-state index in [2.05, 4.69) is 44.3 Å². The summed E-state index contributed by atoms with van der Waals surface area (Å²) in [6.07, 6.45) is 5.64. The number of aliphatic hydroxyl groups excluding tert-OH is 1. The monoisotopic (exact) mass is 986 g/mol. The first-order chi connectivity index (χ1) is 34.4. The maximum Gasteiger partial charge on any atom is 0.327 e. The summed E-state index contributed by atoms with van der Waals surface area (Å²) in [4.78, 5) is 66.5. The molecule has 3 aromatic rings. The van der Waals surface area contributed by atoms with Gasteiger partial charge in [0.1, 0.15) is 41.5 Å². The number of esters is 2. The number of fused-ring (bicyclic) bond motifs is 6. The number of amides is 2. The molecule has 2 N–H and O–H groups in total. The lowest BCUT2D eigenvalue weighted by atomic mass is 9.52. The van der Waals surface area contributed by atoms with Crippen LogP contribution in [0, 0.1) is 22.7 Å².